The second kappa shape index (κ2) is 5.68. The highest BCUT2D eigenvalue weighted by Crippen LogP contribution is 2.22. The van der Waals surface area contributed by atoms with Crippen LogP contribution in [0.4, 0.5) is 5.82 Å². The molecule has 18 heavy (non-hydrogen) atoms. The summed E-state index contributed by atoms with van der Waals surface area (Å²) in [5.74, 6) is 0.0144. The minimum Gasteiger partial charge on any atom is -0.383 e. The maximum Gasteiger partial charge on any atom is 0.262 e. The van der Waals surface area contributed by atoms with Crippen LogP contribution in [-0.2, 0) is 21.8 Å². The number of imidazole rings is 1. The number of hydrogen-bond acceptors (Lipinski definition) is 5. The molecule has 1 heterocycles. The summed E-state index contributed by atoms with van der Waals surface area (Å²) in [6.07, 6.45) is 1.39. The summed E-state index contributed by atoms with van der Waals surface area (Å²) in [5, 5.41) is 0.0207. The van der Waals surface area contributed by atoms with E-state index in [0.717, 1.165) is 0 Å². The van der Waals surface area contributed by atoms with E-state index in [0.29, 0.717) is 6.61 Å². The Labute approximate surface area is 108 Å². The van der Waals surface area contributed by atoms with Crippen molar-refractivity contribution in [3.63, 3.8) is 0 Å². The minimum atomic E-state index is -3.66. The Kier molecular flexibility index (Phi) is 4.71. The van der Waals surface area contributed by atoms with Gasteiger partial charge in [0.1, 0.15) is 0 Å². The highest BCUT2D eigenvalue weighted by atomic mass is 32.2. The van der Waals surface area contributed by atoms with Crippen molar-refractivity contribution in [3.05, 3.63) is 6.33 Å². The average molecular weight is 276 g/mol. The van der Waals surface area contributed by atoms with Crippen LogP contribution < -0.4 is 5.73 Å². The van der Waals surface area contributed by atoms with Crippen molar-refractivity contribution in [1.29, 1.82) is 0 Å². The maximum absolute atomic E-state index is 12.5. The number of ether oxygens (including phenoxy) is 1. The summed E-state index contributed by atoms with van der Waals surface area (Å²) >= 11 is 0. The second-order valence-electron chi connectivity index (χ2n) is 4.25. The average Bonchev–Trinajstić information content (AvgIpc) is 2.58. The third kappa shape index (κ3) is 2.82. The predicted molar refractivity (Wildman–Crippen MR) is 68.5 cm³/mol. The Morgan fingerprint density at radius 2 is 2.17 bits per heavy atom. The first-order chi connectivity index (χ1) is 8.32. The van der Waals surface area contributed by atoms with Gasteiger partial charge in [-0.15, -0.1) is 0 Å². The largest absolute Gasteiger partial charge is 0.383 e. The molecule has 0 spiro atoms. The molecule has 2 N–H and O–H groups in total. The highest BCUT2D eigenvalue weighted by Gasteiger charge is 2.31. The summed E-state index contributed by atoms with van der Waals surface area (Å²) in [5.41, 5.74) is 5.63. The van der Waals surface area contributed by atoms with Crippen molar-refractivity contribution < 1.29 is 13.2 Å². The Morgan fingerprint density at radius 3 is 2.56 bits per heavy atom. The molecule has 0 radical (unpaired) electrons. The van der Waals surface area contributed by atoms with E-state index in [1.807, 2.05) is 0 Å². The summed E-state index contributed by atoms with van der Waals surface area (Å²) < 4.78 is 32.7. The van der Waals surface area contributed by atoms with Crippen molar-refractivity contribution in [2.75, 3.05) is 26.0 Å². The molecule has 0 saturated carbocycles. The molecule has 0 aliphatic rings. The number of aromatic nitrogens is 2. The number of nitrogens with zero attached hydrogens (tertiary/aromatic N) is 3. The molecule has 1 aromatic rings. The molecule has 0 bridgehead atoms. The van der Waals surface area contributed by atoms with Crippen molar-refractivity contribution in [2.45, 2.75) is 24.9 Å². The first-order valence-electron chi connectivity index (χ1n) is 5.60. The molecule has 0 aliphatic heterocycles. The number of anilines is 1. The number of rotatable bonds is 6. The number of methoxy groups -OCH3 is 1. The third-order valence-electron chi connectivity index (χ3n) is 2.55. The molecule has 0 atom stereocenters. The lowest BCUT2D eigenvalue weighted by Crippen LogP contribution is -2.40. The molecule has 0 saturated heterocycles. The molecular weight excluding hydrogens is 256 g/mol. The molecule has 8 heteroatoms. The van der Waals surface area contributed by atoms with Gasteiger partial charge >= 0.3 is 0 Å². The van der Waals surface area contributed by atoms with Crippen LogP contribution in [0, 0.1) is 0 Å². The zero-order chi connectivity index (χ0) is 13.9. The van der Waals surface area contributed by atoms with Gasteiger partial charge in [0, 0.05) is 26.7 Å². The minimum absolute atomic E-state index is 0.0144. The summed E-state index contributed by atoms with van der Waals surface area (Å²) in [4.78, 5) is 3.81. The highest BCUT2D eigenvalue weighted by molar-refractivity contribution is 7.89. The van der Waals surface area contributed by atoms with Gasteiger partial charge in [-0.3, -0.25) is 0 Å². The third-order valence-corrected chi connectivity index (χ3v) is 4.76. The molecular formula is C10H20N4O3S. The topological polar surface area (TPSA) is 90.4 Å². The SMILES string of the molecule is COCCN(C(C)C)S(=O)(=O)c1c(N)ncn1C. The van der Waals surface area contributed by atoms with E-state index in [-0.39, 0.29) is 23.4 Å². The molecule has 1 rings (SSSR count). The lowest BCUT2D eigenvalue weighted by molar-refractivity contribution is 0.170. The van der Waals surface area contributed by atoms with Gasteiger partial charge < -0.3 is 15.0 Å². The van der Waals surface area contributed by atoms with E-state index >= 15 is 0 Å². The Bertz CT molecular complexity index is 476. The lowest BCUT2D eigenvalue weighted by atomic mass is 10.4. The van der Waals surface area contributed by atoms with Gasteiger partial charge in [-0.2, -0.15) is 4.31 Å². The molecule has 0 fully saturated rings. The van der Waals surface area contributed by atoms with E-state index in [4.69, 9.17) is 10.5 Å². The van der Waals surface area contributed by atoms with E-state index in [9.17, 15) is 8.42 Å². The van der Waals surface area contributed by atoms with E-state index in [2.05, 4.69) is 4.98 Å². The number of nitrogens with two attached hydrogens (primary N) is 1. The standard InChI is InChI=1S/C10H20N4O3S/c1-8(2)14(5-6-17-4)18(15,16)10-9(11)12-7-13(10)3/h7-8H,5-6,11H2,1-4H3. The van der Waals surface area contributed by atoms with Crippen LogP contribution in [0.2, 0.25) is 0 Å². The van der Waals surface area contributed by atoms with E-state index in [1.54, 1.807) is 20.9 Å². The van der Waals surface area contributed by atoms with E-state index < -0.39 is 10.0 Å². The number of hydrogen-bond donors (Lipinski definition) is 1. The molecule has 7 nitrogen and oxygen atoms in total. The zero-order valence-corrected chi connectivity index (χ0v) is 11.9. The molecule has 104 valence electrons. The molecule has 0 amide bonds. The van der Waals surface area contributed by atoms with Crippen molar-refractivity contribution in [1.82, 2.24) is 13.9 Å². The fourth-order valence-electron chi connectivity index (χ4n) is 1.70. The normalized spacial score (nSPS) is 12.6. The first-order valence-corrected chi connectivity index (χ1v) is 7.04. The van der Waals surface area contributed by atoms with E-state index in [1.165, 1.54) is 22.3 Å². The smallest absolute Gasteiger partial charge is 0.262 e. The van der Waals surface area contributed by atoms with Gasteiger partial charge in [-0.25, -0.2) is 13.4 Å². The van der Waals surface area contributed by atoms with Crippen LogP contribution in [0.15, 0.2) is 11.4 Å². The lowest BCUT2D eigenvalue weighted by Gasteiger charge is -2.25. The van der Waals surface area contributed by atoms with Crippen LogP contribution in [0.25, 0.3) is 0 Å². The van der Waals surface area contributed by atoms with Gasteiger partial charge in [0.05, 0.1) is 12.9 Å². The zero-order valence-electron chi connectivity index (χ0n) is 11.1. The van der Waals surface area contributed by atoms with Crippen LogP contribution >= 0.6 is 0 Å². The summed E-state index contributed by atoms with van der Waals surface area (Å²) in [6.45, 7) is 4.22. The Morgan fingerprint density at radius 1 is 1.56 bits per heavy atom. The molecule has 0 aromatic carbocycles. The molecule has 1 aromatic heterocycles. The summed E-state index contributed by atoms with van der Waals surface area (Å²) in [7, 11) is -0.528. The number of aryl methyl sites for hydroxylation is 1. The maximum atomic E-state index is 12.5. The summed E-state index contributed by atoms with van der Waals surface area (Å²) in [6, 6.07) is -0.181. The van der Waals surface area contributed by atoms with Crippen LogP contribution in [0.5, 0.6) is 0 Å². The fourth-order valence-corrected chi connectivity index (χ4v) is 3.52. The van der Waals surface area contributed by atoms with Gasteiger partial charge in [0.25, 0.3) is 10.0 Å². The number of nitrogen functional groups attached to an aromatic ring is 1. The van der Waals surface area contributed by atoms with Gasteiger partial charge in [-0.1, -0.05) is 0 Å². The van der Waals surface area contributed by atoms with Crippen molar-refractivity contribution >= 4 is 15.8 Å². The molecule has 0 unspecified atom stereocenters. The van der Waals surface area contributed by atoms with Crippen LogP contribution in [-0.4, -0.2) is 48.6 Å². The first kappa shape index (κ1) is 14.9. The van der Waals surface area contributed by atoms with Gasteiger partial charge in [0.2, 0.25) is 0 Å². The Balaban J connectivity index is 3.17. The number of sulfonamides is 1. The fraction of sp³-hybridized carbons (Fsp3) is 0.700. The predicted octanol–water partition coefficient (Wildman–Crippen LogP) is 0.0478. The second-order valence-corrected chi connectivity index (χ2v) is 6.05. The van der Waals surface area contributed by atoms with Gasteiger partial charge in [0.15, 0.2) is 10.8 Å². The molecule has 0 aliphatic carbocycles. The van der Waals surface area contributed by atoms with Crippen LogP contribution in [0.3, 0.4) is 0 Å². The van der Waals surface area contributed by atoms with Gasteiger partial charge in [-0.05, 0) is 13.8 Å². The quantitative estimate of drug-likeness (QED) is 0.792. The van der Waals surface area contributed by atoms with Crippen molar-refractivity contribution in [2.24, 2.45) is 7.05 Å². The van der Waals surface area contributed by atoms with Crippen molar-refractivity contribution in [3.8, 4) is 0 Å². The monoisotopic (exact) mass is 276 g/mol. The van der Waals surface area contributed by atoms with Crippen LogP contribution in [0.1, 0.15) is 13.8 Å². The Hall–Kier alpha value is -1.12.